The third-order valence-electron chi connectivity index (χ3n) is 3.06. The Balaban J connectivity index is 2.09. The minimum Gasteiger partial charge on any atom is -0.467 e. The first-order chi connectivity index (χ1) is 10.3. The molecule has 1 aromatic rings. The van der Waals surface area contributed by atoms with Gasteiger partial charge in [0.1, 0.15) is 5.02 Å². The van der Waals surface area contributed by atoms with Crippen molar-refractivity contribution in [2.24, 2.45) is 0 Å². The van der Waals surface area contributed by atoms with Crippen LogP contribution in [0.5, 0.6) is 5.88 Å². The summed E-state index contributed by atoms with van der Waals surface area (Å²) in [5.41, 5.74) is 0.193. The minimum absolute atomic E-state index is 0.0961. The number of alkyl halides is 3. The second-order valence-electron chi connectivity index (χ2n) is 4.84. The van der Waals surface area contributed by atoms with Crippen molar-refractivity contribution in [1.82, 2.24) is 9.88 Å². The van der Waals surface area contributed by atoms with E-state index in [2.05, 4.69) is 9.72 Å². The number of hydrogen-bond acceptors (Lipinski definition) is 4. The molecular formula is C13H14ClF3N2O3. The molecule has 0 saturated carbocycles. The van der Waals surface area contributed by atoms with Crippen LogP contribution in [0.15, 0.2) is 12.3 Å². The van der Waals surface area contributed by atoms with Gasteiger partial charge in [0.2, 0.25) is 5.88 Å². The molecule has 0 spiro atoms. The largest absolute Gasteiger partial charge is 0.467 e. The topological polar surface area (TPSA) is 51.7 Å². The molecular weight excluding hydrogens is 325 g/mol. The van der Waals surface area contributed by atoms with Crippen molar-refractivity contribution in [3.63, 3.8) is 0 Å². The first-order valence-corrected chi connectivity index (χ1v) is 6.89. The van der Waals surface area contributed by atoms with Crippen LogP contribution in [0, 0.1) is 0 Å². The van der Waals surface area contributed by atoms with Crippen molar-refractivity contribution in [3.05, 3.63) is 22.8 Å². The molecule has 2 rings (SSSR count). The number of amides is 1. The van der Waals surface area contributed by atoms with E-state index in [4.69, 9.17) is 16.3 Å². The summed E-state index contributed by atoms with van der Waals surface area (Å²) in [6.45, 7) is 1.65. The number of pyridine rings is 1. The second-order valence-corrected chi connectivity index (χ2v) is 5.24. The fourth-order valence-corrected chi connectivity index (χ4v) is 2.21. The normalized spacial score (nSPS) is 19.1. The van der Waals surface area contributed by atoms with Gasteiger partial charge in [0.05, 0.1) is 24.8 Å². The summed E-state index contributed by atoms with van der Waals surface area (Å²) in [5.74, 6) is -0.655. The molecule has 5 nitrogen and oxygen atoms in total. The van der Waals surface area contributed by atoms with Gasteiger partial charge in [0.25, 0.3) is 5.91 Å². The molecule has 9 heteroatoms. The lowest BCUT2D eigenvalue weighted by atomic mass is 10.2. The zero-order valence-electron chi connectivity index (χ0n) is 11.7. The Morgan fingerprint density at radius 3 is 2.91 bits per heavy atom. The monoisotopic (exact) mass is 338 g/mol. The number of hydrogen-bond donors (Lipinski definition) is 0. The number of carbonyl (C=O) groups is 1. The number of morpholine rings is 1. The SMILES string of the molecule is C[C@H]1COCCN1C(=O)c1cnc(OCC(F)(F)F)c(Cl)c1. The van der Waals surface area contributed by atoms with E-state index in [-0.39, 0.29) is 28.4 Å². The molecule has 0 N–H and O–H groups in total. The van der Waals surface area contributed by atoms with Gasteiger partial charge >= 0.3 is 6.18 Å². The van der Waals surface area contributed by atoms with Gasteiger partial charge in [-0.15, -0.1) is 0 Å². The zero-order valence-corrected chi connectivity index (χ0v) is 12.4. The number of aromatic nitrogens is 1. The number of carbonyl (C=O) groups excluding carboxylic acids is 1. The average molecular weight is 339 g/mol. The minimum atomic E-state index is -4.48. The Bertz CT molecular complexity index is 554. The van der Waals surface area contributed by atoms with Crippen molar-refractivity contribution in [2.75, 3.05) is 26.4 Å². The van der Waals surface area contributed by atoms with Gasteiger partial charge in [0, 0.05) is 12.7 Å². The highest BCUT2D eigenvalue weighted by molar-refractivity contribution is 6.32. The molecule has 22 heavy (non-hydrogen) atoms. The Morgan fingerprint density at radius 1 is 1.59 bits per heavy atom. The van der Waals surface area contributed by atoms with Crippen molar-refractivity contribution >= 4 is 17.5 Å². The molecule has 1 aliphatic heterocycles. The molecule has 122 valence electrons. The maximum atomic E-state index is 12.3. The third kappa shape index (κ3) is 4.23. The van der Waals surface area contributed by atoms with Crippen LogP contribution in [-0.2, 0) is 4.74 Å². The lowest BCUT2D eigenvalue weighted by molar-refractivity contribution is -0.154. The van der Waals surface area contributed by atoms with E-state index in [9.17, 15) is 18.0 Å². The fraction of sp³-hybridized carbons (Fsp3) is 0.538. The molecule has 0 radical (unpaired) electrons. The Morgan fingerprint density at radius 2 is 2.32 bits per heavy atom. The molecule has 0 aliphatic carbocycles. The first-order valence-electron chi connectivity index (χ1n) is 6.52. The maximum Gasteiger partial charge on any atom is 0.422 e. The number of ether oxygens (including phenoxy) is 2. The molecule has 2 heterocycles. The zero-order chi connectivity index (χ0) is 16.3. The van der Waals surface area contributed by atoms with E-state index >= 15 is 0 Å². The summed E-state index contributed by atoms with van der Waals surface area (Å²) in [6.07, 6.45) is -3.33. The van der Waals surface area contributed by atoms with Crippen LogP contribution in [0.2, 0.25) is 5.02 Å². The van der Waals surface area contributed by atoms with Crippen molar-refractivity contribution < 1.29 is 27.4 Å². The molecule has 1 saturated heterocycles. The molecule has 0 aromatic carbocycles. The highest BCUT2D eigenvalue weighted by Gasteiger charge is 2.30. The second kappa shape index (κ2) is 6.70. The third-order valence-corrected chi connectivity index (χ3v) is 3.33. The highest BCUT2D eigenvalue weighted by Crippen LogP contribution is 2.25. The standard InChI is InChI=1S/C13H14ClF3N2O3/c1-8-6-21-3-2-19(8)12(20)9-4-10(14)11(18-5-9)22-7-13(15,16)17/h4-5,8H,2-3,6-7H2,1H3/t8-/m0/s1. The van der Waals surface area contributed by atoms with E-state index < -0.39 is 12.8 Å². The summed E-state index contributed by atoms with van der Waals surface area (Å²) in [5, 5.41) is -0.143. The molecule has 1 atom stereocenters. The maximum absolute atomic E-state index is 12.3. The Kier molecular flexibility index (Phi) is 5.12. The van der Waals surface area contributed by atoms with Crippen molar-refractivity contribution in [3.8, 4) is 5.88 Å². The van der Waals surface area contributed by atoms with Gasteiger partial charge in [-0.1, -0.05) is 11.6 Å². The average Bonchev–Trinajstić information content (AvgIpc) is 2.45. The first kappa shape index (κ1) is 16.8. The number of halogens is 4. The van der Waals surface area contributed by atoms with Gasteiger partial charge in [-0.05, 0) is 13.0 Å². The summed E-state index contributed by atoms with van der Waals surface area (Å²) in [6, 6.07) is 1.16. The van der Waals surface area contributed by atoms with Gasteiger partial charge in [-0.2, -0.15) is 13.2 Å². The van der Waals surface area contributed by atoms with Gasteiger partial charge in [-0.25, -0.2) is 4.98 Å². The van der Waals surface area contributed by atoms with Crippen molar-refractivity contribution in [1.29, 1.82) is 0 Å². The highest BCUT2D eigenvalue weighted by atomic mass is 35.5. The lowest BCUT2D eigenvalue weighted by Gasteiger charge is -2.33. The van der Waals surface area contributed by atoms with Gasteiger partial charge in [-0.3, -0.25) is 4.79 Å². The summed E-state index contributed by atoms with van der Waals surface area (Å²) < 4.78 is 46.0. The molecule has 1 aromatic heterocycles. The van der Waals surface area contributed by atoms with E-state index in [1.54, 1.807) is 4.90 Å². The van der Waals surface area contributed by atoms with Crippen molar-refractivity contribution in [2.45, 2.75) is 19.1 Å². The summed E-state index contributed by atoms with van der Waals surface area (Å²) >= 11 is 5.83. The van der Waals surface area contributed by atoms with Crippen LogP contribution < -0.4 is 4.74 Å². The summed E-state index contributed by atoms with van der Waals surface area (Å²) in [7, 11) is 0. The quantitative estimate of drug-likeness (QED) is 0.850. The van der Waals surface area contributed by atoms with Crippen LogP contribution in [0.4, 0.5) is 13.2 Å². The Labute approximate surface area is 130 Å². The summed E-state index contributed by atoms with van der Waals surface area (Å²) in [4.78, 5) is 17.6. The predicted molar refractivity (Wildman–Crippen MR) is 72.1 cm³/mol. The Hall–Kier alpha value is -1.54. The molecule has 0 bridgehead atoms. The molecule has 0 unspecified atom stereocenters. The van der Waals surface area contributed by atoms with Crippen LogP contribution in [0.1, 0.15) is 17.3 Å². The van der Waals surface area contributed by atoms with Gasteiger partial charge in [0.15, 0.2) is 6.61 Å². The molecule has 1 fully saturated rings. The van der Waals surface area contributed by atoms with E-state index in [1.165, 1.54) is 6.07 Å². The predicted octanol–water partition coefficient (Wildman–Crippen LogP) is 2.54. The smallest absolute Gasteiger partial charge is 0.422 e. The lowest BCUT2D eigenvalue weighted by Crippen LogP contribution is -2.47. The van der Waals surface area contributed by atoms with Crippen LogP contribution in [0.25, 0.3) is 0 Å². The van der Waals surface area contributed by atoms with Gasteiger partial charge < -0.3 is 14.4 Å². The molecule has 1 amide bonds. The fourth-order valence-electron chi connectivity index (χ4n) is 1.99. The van der Waals surface area contributed by atoms with E-state index in [0.29, 0.717) is 19.8 Å². The van der Waals surface area contributed by atoms with Crippen LogP contribution in [0.3, 0.4) is 0 Å². The van der Waals surface area contributed by atoms with E-state index in [1.807, 2.05) is 6.92 Å². The number of rotatable bonds is 3. The van der Waals surface area contributed by atoms with Crippen LogP contribution in [-0.4, -0.2) is 54.4 Å². The van der Waals surface area contributed by atoms with E-state index in [0.717, 1.165) is 6.20 Å². The van der Waals surface area contributed by atoms with Crippen LogP contribution >= 0.6 is 11.6 Å². The molecule has 1 aliphatic rings. The number of nitrogens with zero attached hydrogens (tertiary/aromatic N) is 2.